The van der Waals surface area contributed by atoms with Crippen molar-refractivity contribution in [1.82, 2.24) is 0 Å². The van der Waals surface area contributed by atoms with Crippen LogP contribution in [-0.4, -0.2) is 18.5 Å². The van der Waals surface area contributed by atoms with Crippen LogP contribution in [0.1, 0.15) is 18.1 Å². The lowest BCUT2D eigenvalue weighted by atomic mass is 10.00. The van der Waals surface area contributed by atoms with Gasteiger partial charge in [-0.2, -0.15) is 0 Å². The second-order valence-corrected chi connectivity index (χ2v) is 4.12. The SMILES string of the molecule is CCOCOc1ccc2cccc(CO)c2c1C. The van der Waals surface area contributed by atoms with Gasteiger partial charge in [0.15, 0.2) is 6.79 Å². The molecule has 2 rings (SSSR count). The normalized spacial score (nSPS) is 10.8. The minimum Gasteiger partial charge on any atom is -0.467 e. The Bertz CT molecular complexity index is 534. The Morgan fingerprint density at radius 2 is 2.00 bits per heavy atom. The summed E-state index contributed by atoms with van der Waals surface area (Å²) < 4.78 is 10.8. The van der Waals surface area contributed by atoms with Crippen LogP contribution >= 0.6 is 0 Å². The van der Waals surface area contributed by atoms with Crippen LogP contribution in [0.15, 0.2) is 30.3 Å². The van der Waals surface area contributed by atoms with E-state index < -0.39 is 0 Å². The van der Waals surface area contributed by atoms with Crippen molar-refractivity contribution in [2.24, 2.45) is 0 Å². The minimum atomic E-state index is 0.0348. The molecule has 96 valence electrons. The molecule has 1 N–H and O–H groups in total. The molecular weight excluding hydrogens is 228 g/mol. The summed E-state index contributed by atoms with van der Waals surface area (Å²) in [7, 11) is 0. The van der Waals surface area contributed by atoms with E-state index in [1.165, 1.54) is 0 Å². The van der Waals surface area contributed by atoms with Crippen molar-refractivity contribution in [1.29, 1.82) is 0 Å². The van der Waals surface area contributed by atoms with Crippen molar-refractivity contribution in [2.75, 3.05) is 13.4 Å². The van der Waals surface area contributed by atoms with E-state index in [0.717, 1.165) is 27.6 Å². The van der Waals surface area contributed by atoms with E-state index in [1.807, 2.05) is 44.2 Å². The standard InChI is InChI=1S/C15H18O3/c1-3-17-10-18-14-8-7-12-5-4-6-13(9-16)15(12)11(14)2/h4-8,16H,3,9-10H2,1-2H3. The Morgan fingerprint density at radius 3 is 2.72 bits per heavy atom. The predicted octanol–water partition coefficient (Wildman–Crippen LogP) is 3.01. The quantitative estimate of drug-likeness (QED) is 0.651. The molecule has 18 heavy (non-hydrogen) atoms. The van der Waals surface area contributed by atoms with E-state index in [2.05, 4.69) is 0 Å². The van der Waals surface area contributed by atoms with Crippen LogP contribution in [0.5, 0.6) is 5.75 Å². The molecule has 0 atom stereocenters. The molecule has 0 saturated carbocycles. The first-order valence-electron chi connectivity index (χ1n) is 6.10. The third-order valence-electron chi connectivity index (χ3n) is 3.01. The zero-order valence-electron chi connectivity index (χ0n) is 10.8. The van der Waals surface area contributed by atoms with Gasteiger partial charge in [0.25, 0.3) is 0 Å². The van der Waals surface area contributed by atoms with Crippen molar-refractivity contribution in [3.63, 3.8) is 0 Å². The molecule has 0 radical (unpaired) electrons. The van der Waals surface area contributed by atoms with Gasteiger partial charge in [0.05, 0.1) is 6.61 Å². The molecule has 0 aliphatic heterocycles. The average Bonchev–Trinajstić information content (AvgIpc) is 2.41. The van der Waals surface area contributed by atoms with E-state index in [-0.39, 0.29) is 13.4 Å². The summed E-state index contributed by atoms with van der Waals surface area (Å²) in [5.74, 6) is 0.803. The number of aliphatic hydroxyl groups is 1. The van der Waals surface area contributed by atoms with Gasteiger partial charge in [0.2, 0.25) is 0 Å². The Morgan fingerprint density at radius 1 is 1.17 bits per heavy atom. The molecule has 2 aromatic rings. The van der Waals surface area contributed by atoms with Crippen molar-refractivity contribution in [3.05, 3.63) is 41.5 Å². The second-order valence-electron chi connectivity index (χ2n) is 4.12. The zero-order valence-corrected chi connectivity index (χ0v) is 10.8. The van der Waals surface area contributed by atoms with Crippen LogP contribution in [-0.2, 0) is 11.3 Å². The summed E-state index contributed by atoms with van der Waals surface area (Å²) in [5.41, 5.74) is 1.96. The van der Waals surface area contributed by atoms with E-state index in [4.69, 9.17) is 9.47 Å². The van der Waals surface area contributed by atoms with Crippen LogP contribution in [0.4, 0.5) is 0 Å². The first kappa shape index (κ1) is 12.9. The summed E-state index contributed by atoms with van der Waals surface area (Å²) in [6, 6.07) is 9.87. The summed E-state index contributed by atoms with van der Waals surface area (Å²) in [4.78, 5) is 0. The molecule has 3 nitrogen and oxygen atoms in total. The van der Waals surface area contributed by atoms with Gasteiger partial charge in [-0.3, -0.25) is 0 Å². The molecule has 0 heterocycles. The Labute approximate surface area is 107 Å². The maximum absolute atomic E-state index is 9.40. The molecule has 0 saturated heterocycles. The molecule has 0 unspecified atom stereocenters. The van der Waals surface area contributed by atoms with Crippen molar-refractivity contribution >= 4 is 10.8 Å². The highest BCUT2D eigenvalue weighted by atomic mass is 16.7. The minimum absolute atomic E-state index is 0.0348. The monoisotopic (exact) mass is 246 g/mol. The molecule has 0 aromatic heterocycles. The highest BCUT2D eigenvalue weighted by molar-refractivity contribution is 5.90. The second kappa shape index (κ2) is 5.85. The average molecular weight is 246 g/mol. The molecule has 0 fully saturated rings. The van der Waals surface area contributed by atoms with Crippen LogP contribution in [0.3, 0.4) is 0 Å². The van der Waals surface area contributed by atoms with Gasteiger partial charge in [-0.05, 0) is 41.8 Å². The molecule has 0 aliphatic carbocycles. The topological polar surface area (TPSA) is 38.7 Å². The fourth-order valence-electron chi connectivity index (χ4n) is 2.11. The number of ether oxygens (including phenoxy) is 2. The number of aryl methyl sites for hydroxylation is 1. The lowest BCUT2D eigenvalue weighted by molar-refractivity contribution is 0.0221. The third kappa shape index (κ3) is 2.47. The van der Waals surface area contributed by atoms with Crippen LogP contribution in [0, 0.1) is 6.92 Å². The first-order valence-corrected chi connectivity index (χ1v) is 6.10. The van der Waals surface area contributed by atoms with E-state index >= 15 is 0 Å². The predicted molar refractivity (Wildman–Crippen MR) is 71.7 cm³/mol. The maximum Gasteiger partial charge on any atom is 0.189 e. The van der Waals surface area contributed by atoms with Gasteiger partial charge in [-0.25, -0.2) is 0 Å². The number of fused-ring (bicyclic) bond motifs is 1. The fourth-order valence-corrected chi connectivity index (χ4v) is 2.11. The maximum atomic E-state index is 9.40. The van der Waals surface area contributed by atoms with Crippen LogP contribution < -0.4 is 4.74 Å². The Balaban J connectivity index is 2.42. The summed E-state index contributed by atoms with van der Waals surface area (Å²) >= 11 is 0. The number of hydrogen-bond acceptors (Lipinski definition) is 3. The third-order valence-corrected chi connectivity index (χ3v) is 3.01. The highest BCUT2D eigenvalue weighted by Crippen LogP contribution is 2.30. The van der Waals surface area contributed by atoms with Gasteiger partial charge in [0, 0.05) is 6.61 Å². The van der Waals surface area contributed by atoms with Gasteiger partial charge >= 0.3 is 0 Å². The van der Waals surface area contributed by atoms with E-state index in [0.29, 0.717) is 6.61 Å². The molecule has 3 heteroatoms. The molecule has 2 aromatic carbocycles. The molecule has 0 spiro atoms. The summed E-state index contributed by atoms with van der Waals surface area (Å²) in [6.07, 6.45) is 0. The Hall–Kier alpha value is -1.58. The lowest BCUT2D eigenvalue weighted by Gasteiger charge is -2.13. The molecule has 0 aliphatic rings. The van der Waals surface area contributed by atoms with Crippen LogP contribution in [0.25, 0.3) is 10.8 Å². The first-order chi connectivity index (χ1) is 8.77. The fraction of sp³-hybridized carbons (Fsp3) is 0.333. The lowest BCUT2D eigenvalue weighted by Crippen LogP contribution is -2.03. The van der Waals surface area contributed by atoms with Gasteiger partial charge in [-0.15, -0.1) is 0 Å². The summed E-state index contributed by atoms with van der Waals surface area (Å²) in [5, 5.41) is 11.6. The largest absolute Gasteiger partial charge is 0.467 e. The smallest absolute Gasteiger partial charge is 0.189 e. The number of hydrogen-bond donors (Lipinski definition) is 1. The number of rotatable bonds is 5. The zero-order chi connectivity index (χ0) is 13.0. The number of aliphatic hydroxyl groups excluding tert-OH is 1. The van der Waals surface area contributed by atoms with E-state index in [1.54, 1.807) is 0 Å². The van der Waals surface area contributed by atoms with Gasteiger partial charge in [0.1, 0.15) is 5.75 Å². The van der Waals surface area contributed by atoms with Gasteiger partial charge < -0.3 is 14.6 Å². The van der Waals surface area contributed by atoms with Crippen molar-refractivity contribution in [2.45, 2.75) is 20.5 Å². The van der Waals surface area contributed by atoms with Crippen LogP contribution in [0.2, 0.25) is 0 Å². The van der Waals surface area contributed by atoms with Crippen molar-refractivity contribution < 1.29 is 14.6 Å². The molecule has 0 amide bonds. The van der Waals surface area contributed by atoms with Crippen molar-refractivity contribution in [3.8, 4) is 5.75 Å². The summed E-state index contributed by atoms with van der Waals surface area (Å²) in [6.45, 7) is 4.86. The van der Waals surface area contributed by atoms with E-state index in [9.17, 15) is 5.11 Å². The highest BCUT2D eigenvalue weighted by Gasteiger charge is 2.08. The number of benzene rings is 2. The Kier molecular flexibility index (Phi) is 4.18. The molecule has 0 bridgehead atoms. The molecular formula is C15H18O3. The van der Waals surface area contributed by atoms with Gasteiger partial charge in [-0.1, -0.05) is 24.3 Å².